The van der Waals surface area contributed by atoms with E-state index in [0.717, 1.165) is 22.4 Å². The molecule has 1 atom stereocenters. The minimum atomic E-state index is -0.363. The molecule has 146 valence electrons. The van der Waals surface area contributed by atoms with Gasteiger partial charge in [-0.05, 0) is 40.8 Å². The average molecular weight is 383 g/mol. The molecule has 2 N–H and O–H groups in total. The average Bonchev–Trinajstić information content (AvgIpc) is 3.16. The summed E-state index contributed by atoms with van der Waals surface area (Å²) in [6.45, 7) is 6.49. The van der Waals surface area contributed by atoms with E-state index in [2.05, 4.69) is 31.1 Å². The fourth-order valence-corrected chi connectivity index (χ4v) is 3.40. The number of nitrogens with zero attached hydrogens (tertiary/aromatic N) is 1. The number of rotatable bonds is 4. The van der Waals surface area contributed by atoms with E-state index in [9.17, 15) is 4.79 Å². The zero-order valence-electron chi connectivity index (χ0n) is 16.9. The maximum absolute atomic E-state index is 13.0. The predicted octanol–water partition coefficient (Wildman–Crippen LogP) is 5.38. The monoisotopic (exact) mass is 383 g/mol. The molecule has 0 saturated heterocycles. The van der Waals surface area contributed by atoms with Crippen LogP contribution in [-0.4, -0.2) is 15.9 Å². The van der Waals surface area contributed by atoms with Gasteiger partial charge in [-0.2, -0.15) is 0 Å². The van der Waals surface area contributed by atoms with Crippen molar-refractivity contribution in [3.63, 3.8) is 0 Å². The molecule has 0 bridgehead atoms. The van der Waals surface area contributed by atoms with E-state index in [-0.39, 0.29) is 17.4 Å². The molecule has 4 heteroatoms. The minimum Gasteiger partial charge on any atom is -0.340 e. The van der Waals surface area contributed by atoms with Gasteiger partial charge in [-0.15, -0.1) is 0 Å². The Bertz CT molecular complexity index is 1090. The Morgan fingerprint density at radius 1 is 0.897 bits per heavy atom. The first-order chi connectivity index (χ1) is 13.9. The van der Waals surface area contributed by atoms with E-state index in [1.807, 2.05) is 78.9 Å². The highest BCUT2D eigenvalue weighted by Crippen LogP contribution is 2.25. The maximum atomic E-state index is 13.0. The summed E-state index contributed by atoms with van der Waals surface area (Å²) in [5, 5.41) is 3.15. The molecule has 1 unspecified atom stereocenters. The first kappa shape index (κ1) is 18.9. The lowest BCUT2D eigenvalue weighted by Crippen LogP contribution is -2.30. The third kappa shape index (κ3) is 4.06. The van der Waals surface area contributed by atoms with E-state index in [1.54, 1.807) is 0 Å². The molecule has 4 rings (SSSR count). The second-order valence-electron chi connectivity index (χ2n) is 8.28. The summed E-state index contributed by atoms with van der Waals surface area (Å²) in [5.41, 5.74) is 4.70. The van der Waals surface area contributed by atoms with Crippen LogP contribution in [0.2, 0.25) is 0 Å². The molecule has 0 aliphatic carbocycles. The van der Waals surface area contributed by atoms with E-state index >= 15 is 0 Å². The first-order valence-electron chi connectivity index (χ1n) is 9.83. The van der Waals surface area contributed by atoms with Gasteiger partial charge in [0, 0.05) is 5.56 Å². The summed E-state index contributed by atoms with van der Waals surface area (Å²) < 4.78 is 0. The predicted molar refractivity (Wildman–Crippen MR) is 117 cm³/mol. The quantitative estimate of drug-likeness (QED) is 0.497. The molecule has 0 aliphatic rings. The Morgan fingerprint density at radius 2 is 1.55 bits per heavy atom. The van der Waals surface area contributed by atoms with Crippen LogP contribution >= 0.6 is 0 Å². The number of fused-ring (bicyclic) bond motifs is 1. The molecule has 0 saturated carbocycles. The molecule has 0 spiro atoms. The van der Waals surface area contributed by atoms with E-state index < -0.39 is 0 Å². The van der Waals surface area contributed by atoms with E-state index in [0.29, 0.717) is 5.56 Å². The third-order valence-corrected chi connectivity index (χ3v) is 5.10. The molecule has 1 aromatic heterocycles. The Labute approximate surface area is 171 Å². The lowest BCUT2D eigenvalue weighted by molar-refractivity contribution is 0.0941. The van der Waals surface area contributed by atoms with Gasteiger partial charge in [-0.3, -0.25) is 4.79 Å². The van der Waals surface area contributed by atoms with Crippen molar-refractivity contribution < 1.29 is 4.79 Å². The number of aromatic amines is 1. The Hall–Kier alpha value is -3.40. The Kier molecular flexibility index (Phi) is 4.93. The van der Waals surface area contributed by atoms with Gasteiger partial charge in [-0.1, -0.05) is 75.4 Å². The number of aromatic nitrogens is 2. The molecule has 29 heavy (non-hydrogen) atoms. The molecule has 3 aromatic carbocycles. The fourth-order valence-electron chi connectivity index (χ4n) is 3.40. The van der Waals surface area contributed by atoms with Crippen molar-refractivity contribution in [3.05, 3.63) is 101 Å². The van der Waals surface area contributed by atoms with Crippen LogP contribution in [0.25, 0.3) is 11.0 Å². The second kappa shape index (κ2) is 7.55. The molecule has 0 fully saturated rings. The number of benzene rings is 3. The fraction of sp³-hybridized carbons (Fsp3) is 0.200. The number of para-hydroxylation sites is 2. The highest BCUT2D eigenvalue weighted by molar-refractivity contribution is 5.94. The minimum absolute atomic E-state index is 0.0514. The molecule has 4 nitrogen and oxygen atoms in total. The molecule has 1 amide bonds. The number of hydrogen-bond acceptors (Lipinski definition) is 2. The zero-order chi connectivity index (χ0) is 20.4. The van der Waals surface area contributed by atoms with Crippen LogP contribution in [0, 0.1) is 0 Å². The summed E-state index contributed by atoms with van der Waals surface area (Å²) in [5.74, 6) is 0.594. The van der Waals surface area contributed by atoms with Gasteiger partial charge in [-0.25, -0.2) is 4.98 Å². The highest BCUT2D eigenvalue weighted by atomic mass is 16.1. The van der Waals surface area contributed by atoms with Crippen molar-refractivity contribution in [2.45, 2.75) is 32.2 Å². The number of nitrogens with one attached hydrogen (secondary N) is 2. The zero-order valence-corrected chi connectivity index (χ0v) is 16.9. The van der Waals surface area contributed by atoms with Gasteiger partial charge in [0.25, 0.3) is 5.91 Å². The number of carbonyl (C=O) groups excluding carboxylic acids is 1. The van der Waals surface area contributed by atoms with Crippen LogP contribution in [-0.2, 0) is 5.41 Å². The van der Waals surface area contributed by atoms with E-state index in [4.69, 9.17) is 4.98 Å². The van der Waals surface area contributed by atoms with Crippen molar-refractivity contribution in [1.29, 1.82) is 0 Å². The first-order valence-corrected chi connectivity index (χ1v) is 9.83. The third-order valence-electron chi connectivity index (χ3n) is 5.10. The van der Waals surface area contributed by atoms with Gasteiger partial charge < -0.3 is 10.3 Å². The van der Waals surface area contributed by atoms with Crippen LogP contribution in [0.4, 0.5) is 0 Å². The molecular formula is C25H25N3O. The normalized spacial score (nSPS) is 12.7. The lowest BCUT2D eigenvalue weighted by atomic mass is 9.86. The van der Waals surface area contributed by atoms with Crippen molar-refractivity contribution in [1.82, 2.24) is 15.3 Å². The number of hydrogen-bond donors (Lipinski definition) is 2. The molecular weight excluding hydrogens is 358 g/mol. The molecule has 1 heterocycles. The van der Waals surface area contributed by atoms with Crippen molar-refractivity contribution in [2.24, 2.45) is 0 Å². The van der Waals surface area contributed by atoms with Gasteiger partial charge in [0.05, 0.1) is 11.0 Å². The number of imidazole rings is 1. The summed E-state index contributed by atoms with van der Waals surface area (Å²) in [6, 6.07) is 25.2. The second-order valence-corrected chi connectivity index (χ2v) is 8.28. The van der Waals surface area contributed by atoms with Gasteiger partial charge in [0.1, 0.15) is 11.9 Å². The van der Waals surface area contributed by atoms with Crippen molar-refractivity contribution in [2.75, 3.05) is 0 Å². The van der Waals surface area contributed by atoms with Crippen molar-refractivity contribution in [3.8, 4) is 0 Å². The Morgan fingerprint density at radius 3 is 2.21 bits per heavy atom. The largest absolute Gasteiger partial charge is 0.340 e. The SMILES string of the molecule is CC(C)(C)c1ccc(C(=O)NC(c2ccccc2)c2nc3ccccc3[nH]2)cc1. The van der Waals surface area contributed by atoms with Crippen LogP contribution in [0.3, 0.4) is 0 Å². The van der Waals surface area contributed by atoms with Crippen LogP contribution in [0.5, 0.6) is 0 Å². The number of H-pyrrole nitrogens is 1. The highest BCUT2D eigenvalue weighted by Gasteiger charge is 2.21. The molecule has 0 aliphatic heterocycles. The van der Waals surface area contributed by atoms with Crippen LogP contribution in [0.1, 0.15) is 54.1 Å². The molecule has 0 radical (unpaired) electrons. The number of carbonyl (C=O) groups is 1. The van der Waals surface area contributed by atoms with Crippen molar-refractivity contribution >= 4 is 16.9 Å². The Balaban J connectivity index is 1.66. The summed E-state index contributed by atoms with van der Waals surface area (Å²) in [4.78, 5) is 21.1. The maximum Gasteiger partial charge on any atom is 0.252 e. The summed E-state index contributed by atoms with van der Waals surface area (Å²) in [7, 11) is 0. The standard InChI is InChI=1S/C25H25N3O/c1-25(2,3)19-15-13-18(14-16-19)24(29)28-22(17-9-5-4-6-10-17)23-26-20-11-7-8-12-21(20)27-23/h4-16,22H,1-3H3,(H,26,27)(H,28,29). The van der Waals surface area contributed by atoms with Gasteiger partial charge in [0.2, 0.25) is 0 Å². The van der Waals surface area contributed by atoms with Crippen LogP contribution in [0.15, 0.2) is 78.9 Å². The molecule has 4 aromatic rings. The van der Waals surface area contributed by atoms with Crippen LogP contribution < -0.4 is 5.32 Å². The summed E-state index contributed by atoms with van der Waals surface area (Å²) >= 11 is 0. The van der Waals surface area contributed by atoms with E-state index in [1.165, 1.54) is 5.56 Å². The topological polar surface area (TPSA) is 57.8 Å². The van der Waals surface area contributed by atoms with Gasteiger partial charge >= 0.3 is 0 Å². The number of amides is 1. The van der Waals surface area contributed by atoms with Gasteiger partial charge in [0.15, 0.2) is 0 Å². The lowest BCUT2D eigenvalue weighted by Gasteiger charge is -2.20. The summed E-state index contributed by atoms with van der Waals surface area (Å²) in [6.07, 6.45) is 0. The smallest absolute Gasteiger partial charge is 0.252 e.